The van der Waals surface area contributed by atoms with Crippen LogP contribution in [-0.2, 0) is 16.0 Å². The van der Waals surface area contributed by atoms with Crippen LogP contribution in [0.25, 0.3) is 0 Å². The molecule has 170 valence electrons. The van der Waals surface area contributed by atoms with Crippen molar-refractivity contribution in [3.8, 4) is 0 Å². The molecule has 0 saturated carbocycles. The van der Waals surface area contributed by atoms with Gasteiger partial charge in [0, 0.05) is 18.5 Å². The second-order valence-electron chi connectivity index (χ2n) is 7.62. The standard InChI is InChI=1S/C24H35N3O4/c1-3-5-6-7-15-22(24(30)31-4-2)27-17-21(25-18-27)23(29)26-20-14-9-8-12-19(20)13-10-11-16-28/h8-9,12,14,17-18,22,28H,3-7,10-11,13,15-16H2,1-2H3,(H,26,29). The Balaban J connectivity index is 2.08. The van der Waals surface area contributed by atoms with Gasteiger partial charge in [0.25, 0.3) is 5.91 Å². The Morgan fingerprint density at radius 1 is 1.13 bits per heavy atom. The van der Waals surface area contributed by atoms with Crippen molar-refractivity contribution in [1.82, 2.24) is 9.55 Å². The Kier molecular flexibility index (Phi) is 10.8. The summed E-state index contributed by atoms with van der Waals surface area (Å²) in [5, 5.41) is 11.9. The minimum Gasteiger partial charge on any atom is -0.464 e. The van der Waals surface area contributed by atoms with Crippen LogP contribution in [0.5, 0.6) is 0 Å². The fraction of sp³-hybridized carbons (Fsp3) is 0.542. The van der Waals surface area contributed by atoms with Crippen LogP contribution in [0.2, 0.25) is 0 Å². The molecule has 7 nitrogen and oxygen atoms in total. The number of imidazole rings is 1. The largest absolute Gasteiger partial charge is 0.464 e. The van der Waals surface area contributed by atoms with Crippen LogP contribution in [-0.4, -0.2) is 39.7 Å². The molecule has 0 bridgehead atoms. The first-order valence-corrected chi connectivity index (χ1v) is 11.3. The van der Waals surface area contributed by atoms with E-state index in [0.717, 1.165) is 56.2 Å². The van der Waals surface area contributed by atoms with E-state index in [-0.39, 0.29) is 24.2 Å². The average Bonchev–Trinajstić information content (AvgIpc) is 3.25. The van der Waals surface area contributed by atoms with E-state index < -0.39 is 6.04 Å². The number of hydrogen-bond donors (Lipinski definition) is 2. The topological polar surface area (TPSA) is 93.5 Å². The molecule has 0 radical (unpaired) electrons. The molecule has 0 fully saturated rings. The zero-order valence-electron chi connectivity index (χ0n) is 18.7. The van der Waals surface area contributed by atoms with Gasteiger partial charge in [0.05, 0.1) is 12.9 Å². The Labute approximate surface area is 184 Å². The third-order valence-corrected chi connectivity index (χ3v) is 5.20. The highest BCUT2D eigenvalue weighted by Gasteiger charge is 2.23. The number of nitrogens with zero attached hydrogens (tertiary/aromatic N) is 2. The number of hydrogen-bond acceptors (Lipinski definition) is 5. The van der Waals surface area contributed by atoms with Crippen molar-refractivity contribution < 1.29 is 19.4 Å². The van der Waals surface area contributed by atoms with E-state index in [4.69, 9.17) is 9.84 Å². The van der Waals surface area contributed by atoms with Crippen molar-refractivity contribution >= 4 is 17.6 Å². The van der Waals surface area contributed by atoms with Crippen molar-refractivity contribution in [3.63, 3.8) is 0 Å². The van der Waals surface area contributed by atoms with E-state index in [1.807, 2.05) is 24.3 Å². The van der Waals surface area contributed by atoms with Crippen molar-refractivity contribution in [1.29, 1.82) is 0 Å². The lowest BCUT2D eigenvalue weighted by atomic mass is 10.1. The molecular weight excluding hydrogens is 394 g/mol. The van der Waals surface area contributed by atoms with Gasteiger partial charge < -0.3 is 19.7 Å². The average molecular weight is 430 g/mol. The van der Waals surface area contributed by atoms with E-state index in [1.54, 1.807) is 17.7 Å². The Bertz CT molecular complexity index is 819. The first kappa shape index (κ1) is 24.6. The smallest absolute Gasteiger partial charge is 0.329 e. The molecule has 0 spiro atoms. The number of unbranched alkanes of at least 4 members (excludes halogenated alkanes) is 4. The van der Waals surface area contributed by atoms with Gasteiger partial charge in [-0.05, 0) is 44.2 Å². The first-order valence-electron chi connectivity index (χ1n) is 11.3. The second kappa shape index (κ2) is 13.6. The summed E-state index contributed by atoms with van der Waals surface area (Å²) in [7, 11) is 0. The number of carbonyl (C=O) groups excluding carboxylic acids is 2. The maximum atomic E-state index is 12.8. The summed E-state index contributed by atoms with van der Waals surface area (Å²) in [5.74, 6) is -0.612. The normalized spacial score (nSPS) is 11.8. The molecule has 1 unspecified atom stereocenters. The summed E-state index contributed by atoms with van der Waals surface area (Å²) in [6.07, 6.45) is 10.4. The molecule has 1 heterocycles. The molecule has 0 aliphatic carbocycles. The van der Waals surface area contributed by atoms with Gasteiger partial charge in [-0.2, -0.15) is 0 Å². The van der Waals surface area contributed by atoms with Crippen molar-refractivity contribution in [2.45, 2.75) is 71.3 Å². The zero-order chi connectivity index (χ0) is 22.5. The minimum atomic E-state index is -0.475. The number of benzene rings is 1. The van der Waals surface area contributed by atoms with Crippen LogP contribution in [0.1, 0.15) is 80.9 Å². The quantitative estimate of drug-likeness (QED) is 0.340. The maximum absolute atomic E-state index is 12.8. The number of para-hydroxylation sites is 1. The van der Waals surface area contributed by atoms with Crippen molar-refractivity contribution in [2.24, 2.45) is 0 Å². The molecule has 1 aromatic carbocycles. The van der Waals surface area contributed by atoms with Gasteiger partial charge in [0.2, 0.25) is 0 Å². The molecule has 7 heteroatoms. The van der Waals surface area contributed by atoms with Crippen LogP contribution >= 0.6 is 0 Å². The highest BCUT2D eigenvalue weighted by atomic mass is 16.5. The third kappa shape index (κ3) is 7.83. The second-order valence-corrected chi connectivity index (χ2v) is 7.62. The van der Waals surface area contributed by atoms with Crippen LogP contribution < -0.4 is 5.32 Å². The van der Waals surface area contributed by atoms with Gasteiger partial charge in [-0.15, -0.1) is 0 Å². The number of rotatable bonds is 14. The number of nitrogens with one attached hydrogen (secondary N) is 1. The number of aryl methyl sites for hydroxylation is 1. The van der Waals surface area contributed by atoms with E-state index in [2.05, 4.69) is 17.2 Å². The fourth-order valence-corrected chi connectivity index (χ4v) is 3.49. The molecule has 1 amide bonds. The number of aliphatic hydroxyl groups is 1. The predicted octanol–water partition coefficient (Wildman–Crippen LogP) is 4.53. The summed E-state index contributed by atoms with van der Waals surface area (Å²) < 4.78 is 6.92. The molecule has 2 N–H and O–H groups in total. The Morgan fingerprint density at radius 3 is 2.68 bits per heavy atom. The number of carbonyl (C=O) groups is 2. The number of anilines is 1. The summed E-state index contributed by atoms with van der Waals surface area (Å²) in [5.41, 5.74) is 2.01. The molecule has 1 atom stereocenters. The SMILES string of the molecule is CCCCCCC(C(=O)OCC)n1cnc(C(=O)Nc2ccccc2CCCCO)c1. The molecule has 0 saturated heterocycles. The van der Waals surface area contributed by atoms with E-state index >= 15 is 0 Å². The maximum Gasteiger partial charge on any atom is 0.329 e. The highest BCUT2D eigenvalue weighted by Crippen LogP contribution is 2.21. The van der Waals surface area contributed by atoms with Gasteiger partial charge >= 0.3 is 5.97 Å². The Morgan fingerprint density at radius 2 is 1.94 bits per heavy atom. The summed E-state index contributed by atoms with van der Waals surface area (Å²) in [4.78, 5) is 29.5. The van der Waals surface area contributed by atoms with E-state index in [0.29, 0.717) is 13.0 Å². The Hall–Kier alpha value is -2.67. The van der Waals surface area contributed by atoms with Gasteiger partial charge in [0.1, 0.15) is 11.7 Å². The predicted molar refractivity (Wildman–Crippen MR) is 121 cm³/mol. The van der Waals surface area contributed by atoms with Gasteiger partial charge in [0.15, 0.2) is 0 Å². The molecular formula is C24H35N3O4. The lowest BCUT2D eigenvalue weighted by Crippen LogP contribution is -2.21. The van der Waals surface area contributed by atoms with Crippen LogP contribution in [0.3, 0.4) is 0 Å². The summed E-state index contributed by atoms with van der Waals surface area (Å²) >= 11 is 0. The number of aromatic nitrogens is 2. The number of esters is 1. The van der Waals surface area contributed by atoms with Crippen molar-refractivity contribution in [2.75, 3.05) is 18.5 Å². The first-order chi connectivity index (χ1) is 15.1. The summed E-state index contributed by atoms with van der Waals surface area (Å²) in [6.45, 7) is 4.41. The van der Waals surface area contributed by atoms with Gasteiger partial charge in [-0.1, -0.05) is 50.8 Å². The third-order valence-electron chi connectivity index (χ3n) is 5.20. The lowest BCUT2D eigenvalue weighted by molar-refractivity contribution is -0.147. The monoisotopic (exact) mass is 429 g/mol. The van der Waals surface area contributed by atoms with Crippen LogP contribution in [0.15, 0.2) is 36.8 Å². The van der Waals surface area contributed by atoms with Crippen molar-refractivity contribution in [3.05, 3.63) is 48.0 Å². The molecule has 2 rings (SSSR count). The van der Waals surface area contributed by atoms with Crippen LogP contribution in [0, 0.1) is 0 Å². The number of aliphatic hydroxyl groups excluding tert-OH is 1. The minimum absolute atomic E-state index is 0.159. The molecule has 1 aromatic heterocycles. The molecule has 31 heavy (non-hydrogen) atoms. The van der Waals surface area contributed by atoms with Gasteiger partial charge in [-0.25, -0.2) is 9.78 Å². The number of amides is 1. The molecule has 2 aromatic rings. The van der Waals surface area contributed by atoms with E-state index in [9.17, 15) is 9.59 Å². The molecule has 0 aliphatic heterocycles. The fourth-order valence-electron chi connectivity index (χ4n) is 3.49. The highest BCUT2D eigenvalue weighted by molar-refractivity contribution is 6.03. The van der Waals surface area contributed by atoms with E-state index in [1.165, 1.54) is 6.33 Å². The zero-order valence-corrected chi connectivity index (χ0v) is 18.7. The summed E-state index contributed by atoms with van der Waals surface area (Å²) in [6, 6.07) is 7.16. The lowest BCUT2D eigenvalue weighted by Gasteiger charge is -2.16. The van der Waals surface area contributed by atoms with Crippen LogP contribution in [0.4, 0.5) is 5.69 Å². The number of ether oxygens (including phenoxy) is 1. The molecule has 0 aliphatic rings. The van der Waals surface area contributed by atoms with Gasteiger partial charge in [-0.3, -0.25) is 4.79 Å².